The summed E-state index contributed by atoms with van der Waals surface area (Å²) in [7, 11) is 0. The number of rotatable bonds is 4. The van der Waals surface area contributed by atoms with Crippen LogP contribution in [-0.4, -0.2) is 60.9 Å². The van der Waals surface area contributed by atoms with E-state index in [-0.39, 0.29) is 24.7 Å². The lowest BCUT2D eigenvalue weighted by atomic mass is 10.1. The molecule has 1 aromatic carbocycles. The fourth-order valence-electron chi connectivity index (χ4n) is 3.98. The maximum Gasteiger partial charge on any atom is 0.248 e. The monoisotopic (exact) mass is 330 g/mol. The fraction of sp³-hybridized carbons (Fsp3) is 0.611. The summed E-state index contributed by atoms with van der Waals surface area (Å²) in [5.74, 6) is 2.52. The van der Waals surface area contributed by atoms with Crippen LogP contribution in [0, 0.1) is 5.92 Å². The van der Waals surface area contributed by atoms with Crippen LogP contribution in [-0.2, 0) is 16.1 Å². The Morgan fingerprint density at radius 1 is 1.12 bits per heavy atom. The maximum atomic E-state index is 12.2. The van der Waals surface area contributed by atoms with Gasteiger partial charge in [0.05, 0.1) is 12.1 Å². The molecule has 0 aromatic heterocycles. The predicted molar refractivity (Wildman–Crippen MR) is 85.8 cm³/mol. The third-order valence-electron chi connectivity index (χ3n) is 5.45. The van der Waals surface area contributed by atoms with E-state index < -0.39 is 0 Å². The minimum absolute atomic E-state index is 0.149. The Balaban J connectivity index is 1.28. The highest BCUT2D eigenvalue weighted by molar-refractivity contribution is 5.78. The molecule has 3 aliphatic heterocycles. The second kappa shape index (κ2) is 5.63. The maximum absolute atomic E-state index is 12.2. The van der Waals surface area contributed by atoms with Crippen LogP contribution in [0.3, 0.4) is 0 Å². The van der Waals surface area contributed by atoms with Crippen LogP contribution >= 0.6 is 0 Å². The topological polar surface area (TPSA) is 51.2 Å². The summed E-state index contributed by atoms with van der Waals surface area (Å²) in [5, 5.41) is 0. The second-order valence-corrected chi connectivity index (χ2v) is 7.29. The van der Waals surface area contributed by atoms with E-state index in [0.29, 0.717) is 6.79 Å². The third-order valence-corrected chi connectivity index (χ3v) is 5.45. The first kappa shape index (κ1) is 14.5. The average molecular weight is 330 g/mol. The van der Waals surface area contributed by atoms with Gasteiger partial charge in [0.15, 0.2) is 11.5 Å². The van der Waals surface area contributed by atoms with Crippen LogP contribution < -0.4 is 9.47 Å². The van der Waals surface area contributed by atoms with E-state index in [0.717, 1.165) is 43.6 Å². The number of carbonyl (C=O) groups excluding carboxylic acids is 1. The van der Waals surface area contributed by atoms with Gasteiger partial charge in [0.1, 0.15) is 6.61 Å². The minimum atomic E-state index is 0.149. The van der Waals surface area contributed by atoms with Gasteiger partial charge in [-0.15, -0.1) is 0 Å². The first-order chi connectivity index (χ1) is 11.8. The minimum Gasteiger partial charge on any atom is -0.454 e. The van der Waals surface area contributed by atoms with Gasteiger partial charge >= 0.3 is 0 Å². The third kappa shape index (κ3) is 2.63. The van der Waals surface area contributed by atoms with Crippen molar-refractivity contribution < 1.29 is 19.0 Å². The van der Waals surface area contributed by atoms with E-state index in [2.05, 4.69) is 21.9 Å². The summed E-state index contributed by atoms with van der Waals surface area (Å²) in [6.45, 7) is 4.08. The van der Waals surface area contributed by atoms with E-state index in [4.69, 9.17) is 14.2 Å². The van der Waals surface area contributed by atoms with Crippen LogP contribution in [0.5, 0.6) is 11.5 Å². The summed E-state index contributed by atoms with van der Waals surface area (Å²) in [6, 6.07) is 6.32. The van der Waals surface area contributed by atoms with Crippen molar-refractivity contribution in [1.82, 2.24) is 9.80 Å². The highest BCUT2D eigenvalue weighted by atomic mass is 16.7. The van der Waals surface area contributed by atoms with Crippen molar-refractivity contribution in [2.45, 2.75) is 31.5 Å². The van der Waals surface area contributed by atoms with Crippen LogP contribution in [0.15, 0.2) is 18.2 Å². The molecule has 0 spiro atoms. The lowest BCUT2D eigenvalue weighted by Crippen LogP contribution is -2.54. The molecule has 4 aliphatic rings. The Morgan fingerprint density at radius 2 is 2.00 bits per heavy atom. The Kier molecular flexibility index (Phi) is 3.41. The summed E-state index contributed by atoms with van der Waals surface area (Å²) in [4.78, 5) is 16.7. The molecule has 0 radical (unpaired) electrons. The molecule has 1 amide bonds. The molecular formula is C18H22N2O4. The molecule has 2 atom stereocenters. The molecule has 1 saturated carbocycles. The molecule has 0 unspecified atom stereocenters. The quantitative estimate of drug-likeness (QED) is 0.831. The second-order valence-electron chi connectivity index (χ2n) is 7.29. The van der Waals surface area contributed by atoms with E-state index >= 15 is 0 Å². The number of hydrogen-bond donors (Lipinski definition) is 0. The summed E-state index contributed by atoms with van der Waals surface area (Å²) in [6.07, 6.45) is 2.68. The Morgan fingerprint density at radius 3 is 2.88 bits per heavy atom. The van der Waals surface area contributed by atoms with Gasteiger partial charge in [0, 0.05) is 26.2 Å². The number of ether oxygens (including phenoxy) is 3. The average Bonchev–Trinajstić information content (AvgIpc) is 3.11. The fourth-order valence-corrected chi connectivity index (χ4v) is 3.98. The largest absolute Gasteiger partial charge is 0.454 e. The van der Waals surface area contributed by atoms with Crippen molar-refractivity contribution in [3.05, 3.63) is 23.8 Å². The molecule has 1 aromatic rings. The summed E-state index contributed by atoms with van der Waals surface area (Å²) >= 11 is 0. The van der Waals surface area contributed by atoms with Crippen molar-refractivity contribution >= 4 is 5.91 Å². The van der Waals surface area contributed by atoms with E-state index in [1.807, 2.05) is 6.07 Å². The number of morpholine rings is 1. The van der Waals surface area contributed by atoms with Gasteiger partial charge in [-0.2, -0.15) is 0 Å². The first-order valence-corrected chi connectivity index (χ1v) is 8.78. The van der Waals surface area contributed by atoms with Gasteiger partial charge in [-0.05, 0) is 36.5 Å². The normalized spacial score (nSPS) is 29.2. The lowest BCUT2D eigenvalue weighted by Gasteiger charge is -2.36. The molecule has 6 nitrogen and oxygen atoms in total. The molecule has 5 rings (SSSR count). The predicted octanol–water partition coefficient (Wildman–Crippen LogP) is 1.24. The molecule has 1 aliphatic carbocycles. The number of fused-ring (bicyclic) bond motifs is 2. The molecule has 3 fully saturated rings. The number of hydrogen-bond acceptors (Lipinski definition) is 5. The standard InChI is InChI=1S/C18H22N2O4/c21-18-10-22-17-9-19(8-14(17)20(18)7-12-1-2-12)6-13-3-4-15-16(5-13)24-11-23-15/h3-5,12,14,17H,1-2,6-11H2/t14-,17-/m1/s1. The molecule has 3 heterocycles. The van der Waals surface area contributed by atoms with Crippen molar-refractivity contribution in [2.24, 2.45) is 5.92 Å². The zero-order valence-electron chi connectivity index (χ0n) is 13.6. The summed E-state index contributed by atoms with van der Waals surface area (Å²) in [5.41, 5.74) is 1.21. The van der Waals surface area contributed by atoms with Gasteiger partial charge in [-0.3, -0.25) is 9.69 Å². The van der Waals surface area contributed by atoms with Gasteiger partial charge in [-0.25, -0.2) is 0 Å². The number of carbonyl (C=O) groups is 1. The Bertz CT molecular complexity index is 660. The van der Waals surface area contributed by atoms with Crippen molar-refractivity contribution in [3.8, 4) is 11.5 Å². The van der Waals surface area contributed by atoms with Crippen LogP contribution in [0.4, 0.5) is 0 Å². The van der Waals surface area contributed by atoms with E-state index in [9.17, 15) is 4.79 Å². The van der Waals surface area contributed by atoms with Crippen LogP contribution in [0.1, 0.15) is 18.4 Å². The van der Waals surface area contributed by atoms with Crippen LogP contribution in [0.2, 0.25) is 0 Å². The highest BCUT2D eigenvalue weighted by Crippen LogP contribution is 2.35. The molecular weight excluding hydrogens is 308 g/mol. The van der Waals surface area contributed by atoms with Crippen molar-refractivity contribution in [3.63, 3.8) is 0 Å². The van der Waals surface area contributed by atoms with Gasteiger partial charge in [-0.1, -0.05) is 6.07 Å². The van der Waals surface area contributed by atoms with Gasteiger partial charge in [0.2, 0.25) is 12.7 Å². The lowest BCUT2D eigenvalue weighted by molar-refractivity contribution is -0.153. The highest BCUT2D eigenvalue weighted by Gasteiger charge is 2.44. The zero-order valence-corrected chi connectivity index (χ0v) is 13.6. The molecule has 128 valence electrons. The van der Waals surface area contributed by atoms with Gasteiger partial charge < -0.3 is 19.1 Å². The van der Waals surface area contributed by atoms with E-state index in [1.165, 1.54) is 18.4 Å². The molecule has 0 bridgehead atoms. The number of amides is 1. The SMILES string of the molecule is O=C1CO[C@@H]2CN(Cc3ccc4c(c3)OCO4)C[C@H]2N1CC1CC1. The number of likely N-dealkylation sites (tertiary alicyclic amines) is 1. The first-order valence-electron chi connectivity index (χ1n) is 8.78. The number of nitrogens with zero attached hydrogens (tertiary/aromatic N) is 2. The van der Waals surface area contributed by atoms with Crippen molar-refractivity contribution in [2.75, 3.05) is 33.0 Å². The Hall–Kier alpha value is -1.79. The van der Waals surface area contributed by atoms with Gasteiger partial charge in [0.25, 0.3) is 0 Å². The number of benzene rings is 1. The molecule has 24 heavy (non-hydrogen) atoms. The van der Waals surface area contributed by atoms with E-state index in [1.54, 1.807) is 0 Å². The smallest absolute Gasteiger partial charge is 0.248 e. The zero-order chi connectivity index (χ0) is 16.1. The molecule has 0 N–H and O–H groups in total. The molecule has 2 saturated heterocycles. The molecule has 6 heteroatoms. The Labute approximate surface area is 141 Å². The van der Waals surface area contributed by atoms with Crippen LogP contribution in [0.25, 0.3) is 0 Å². The van der Waals surface area contributed by atoms with Crippen molar-refractivity contribution in [1.29, 1.82) is 0 Å². The summed E-state index contributed by atoms with van der Waals surface area (Å²) < 4.78 is 16.6.